The van der Waals surface area contributed by atoms with E-state index in [0.717, 1.165) is 12.1 Å². The molecule has 0 aliphatic heterocycles. The van der Waals surface area contributed by atoms with Gasteiger partial charge in [0.25, 0.3) is 5.91 Å². The molecule has 1 saturated carbocycles. The van der Waals surface area contributed by atoms with Gasteiger partial charge < -0.3 is 46.4 Å². The summed E-state index contributed by atoms with van der Waals surface area (Å²) in [6.07, 6.45) is -4.89. The van der Waals surface area contributed by atoms with Crippen LogP contribution in [0.1, 0.15) is 23.1 Å². The lowest BCUT2D eigenvalue weighted by Gasteiger charge is -2.50. The molecule has 2 aromatic rings. The molecule has 2 aromatic carbocycles. The Bertz CT molecular complexity index is 1820. The molecule has 0 spiro atoms. The molecule has 14 nitrogen and oxygen atoms in total. The van der Waals surface area contributed by atoms with Crippen LogP contribution in [0.2, 0.25) is 0 Å². The van der Waals surface area contributed by atoms with Gasteiger partial charge in [0.1, 0.15) is 28.6 Å². The van der Waals surface area contributed by atoms with Crippen molar-refractivity contribution in [3.8, 4) is 11.5 Å². The van der Waals surface area contributed by atoms with Gasteiger partial charge in [-0.25, -0.2) is 4.79 Å². The lowest BCUT2D eigenvalue weighted by atomic mass is 9.57. The minimum absolute atomic E-state index is 0.0673. The number of nitrogens with one attached hydrogen (secondary N) is 2. The van der Waals surface area contributed by atoms with Crippen LogP contribution in [0.4, 0.5) is 29.3 Å². The van der Waals surface area contributed by atoms with Gasteiger partial charge in [0.05, 0.1) is 11.6 Å². The molecule has 0 saturated heterocycles. The number of phenols is 1. The minimum Gasteiger partial charge on any atom is -0.508 e. The second-order valence-electron chi connectivity index (χ2n) is 12.5. The van der Waals surface area contributed by atoms with E-state index in [9.17, 15) is 52.8 Å². The number of benzene rings is 2. The number of Topliss-reactive ketones (excluding diaryl/α,β-unsaturated/α-hetero) is 2. The maximum Gasteiger partial charge on any atom is 0.573 e. The van der Waals surface area contributed by atoms with Crippen LogP contribution >= 0.6 is 0 Å². The number of carbonyl (C=O) groups excluding carboxylic acids is 4. The van der Waals surface area contributed by atoms with E-state index in [0.29, 0.717) is 11.3 Å². The molecule has 0 bridgehead atoms. The van der Waals surface area contributed by atoms with Crippen LogP contribution in [-0.4, -0.2) is 95.0 Å². The number of carbonyl (C=O) groups is 4. The number of urea groups is 1. The zero-order valence-corrected chi connectivity index (χ0v) is 26.7. The minimum atomic E-state index is -4.88. The van der Waals surface area contributed by atoms with Crippen molar-refractivity contribution in [1.29, 1.82) is 0 Å². The molecule has 0 aromatic heterocycles. The Morgan fingerprint density at radius 2 is 1.71 bits per heavy atom. The van der Waals surface area contributed by atoms with E-state index < -0.39 is 81.9 Å². The van der Waals surface area contributed by atoms with Gasteiger partial charge in [-0.3, -0.25) is 19.3 Å². The van der Waals surface area contributed by atoms with Crippen LogP contribution in [0, 0.1) is 11.8 Å². The van der Waals surface area contributed by atoms with Gasteiger partial charge in [-0.1, -0.05) is 0 Å². The number of likely N-dealkylation sites (N-methyl/N-ethyl adjacent to an activating group) is 1. The fourth-order valence-corrected chi connectivity index (χ4v) is 6.97. The van der Waals surface area contributed by atoms with Gasteiger partial charge in [0.15, 0.2) is 11.4 Å². The Morgan fingerprint density at radius 1 is 1.08 bits per heavy atom. The van der Waals surface area contributed by atoms with Gasteiger partial charge in [-0.15, -0.1) is 13.2 Å². The smallest absolute Gasteiger partial charge is 0.508 e. The summed E-state index contributed by atoms with van der Waals surface area (Å²) in [5.41, 5.74) is 2.35. The van der Waals surface area contributed by atoms with E-state index >= 15 is 0 Å². The monoisotopic (exact) mass is 689 g/mol. The number of aliphatic hydroxyl groups excluding tert-OH is 2. The number of fused-ring (bicyclic) bond motifs is 3. The molecule has 17 heteroatoms. The van der Waals surface area contributed by atoms with E-state index in [1.807, 2.05) is 0 Å². The highest BCUT2D eigenvalue weighted by Crippen LogP contribution is 2.54. The fraction of sp³-hybridized carbons (Fsp3) is 0.375. The standard InChI is InChI=1S/C32H34F3N5O9/c1-39(2)19-11-14(12-37-30(47)38-15-5-7-16(8-6-15)49-32(33,34)35)24(41)21-17(19)9-13-10-18-23(40(3)4)26(43)22(29(36)46)28(45)31(18,48)27(44)20(13)25(21)42/h5-8,11,13,18,23,41-42,45,48H,9-10,12H2,1-4H3,(H2,36,46)(H2,37,38,47)/t13?,18?,23-,31-/m0/s1. The summed E-state index contributed by atoms with van der Waals surface area (Å²) >= 11 is 0. The van der Waals surface area contributed by atoms with Gasteiger partial charge >= 0.3 is 12.4 Å². The molecule has 49 heavy (non-hydrogen) atoms. The molecule has 262 valence electrons. The van der Waals surface area contributed by atoms with Crippen molar-refractivity contribution in [2.75, 3.05) is 38.4 Å². The Kier molecular flexibility index (Phi) is 8.80. The largest absolute Gasteiger partial charge is 0.573 e. The topological polar surface area (TPSA) is 215 Å². The van der Waals surface area contributed by atoms with Crippen LogP contribution < -0.4 is 26.0 Å². The quantitative estimate of drug-likeness (QED) is 0.209. The highest BCUT2D eigenvalue weighted by molar-refractivity contribution is 6.24. The van der Waals surface area contributed by atoms with E-state index in [2.05, 4.69) is 15.4 Å². The number of hydrogen-bond acceptors (Lipinski definition) is 11. The Hall–Kier alpha value is -5.29. The van der Waals surface area contributed by atoms with Crippen LogP contribution in [0.15, 0.2) is 47.2 Å². The van der Waals surface area contributed by atoms with E-state index in [4.69, 9.17) is 5.73 Å². The maximum atomic E-state index is 14.1. The van der Waals surface area contributed by atoms with Crippen molar-refractivity contribution in [2.24, 2.45) is 17.6 Å². The third-order valence-corrected chi connectivity index (χ3v) is 9.04. The van der Waals surface area contributed by atoms with Crippen molar-refractivity contribution in [2.45, 2.75) is 37.4 Å². The zero-order valence-electron chi connectivity index (χ0n) is 26.7. The summed E-state index contributed by atoms with van der Waals surface area (Å²) in [5.74, 6) is -8.23. The van der Waals surface area contributed by atoms with Crippen LogP contribution in [0.25, 0.3) is 5.76 Å². The van der Waals surface area contributed by atoms with E-state index in [-0.39, 0.29) is 41.8 Å². The lowest BCUT2D eigenvalue weighted by molar-refractivity contribution is -0.274. The summed E-state index contributed by atoms with van der Waals surface area (Å²) in [7, 11) is 6.41. The summed E-state index contributed by atoms with van der Waals surface area (Å²) in [6.45, 7) is -0.314. The normalized spacial score (nSPS) is 23.5. The number of amides is 3. The molecule has 3 aliphatic rings. The number of primary amides is 1. The number of halogens is 3. The molecule has 3 amide bonds. The third-order valence-electron chi connectivity index (χ3n) is 9.04. The number of nitrogens with zero attached hydrogens (tertiary/aromatic N) is 2. The lowest BCUT2D eigenvalue weighted by Crippen LogP contribution is -2.65. The molecule has 3 aliphatic carbocycles. The molecule has 2 unspecified atom stereocenters. The van der Waals surface area contributed by atoms with Gasteiger partial charge in [0.2, 0.25) is 5.78 Å². The number of hydrogen-bond donors (Lipinski definition) is 7. The van der Waals surface area contributed by atoms with Crippen LogP contribution in [0.3, 0.4) is 0 Å². The maximum absolute atomic E-state index is 14.1. The number of alkyl halides is 3. The van der Waals surface area contributed by atoms with Gasteiger partial charge in [0, 0.05) is 49.1 Å². The highest BCUT2D eigenvalue weighted by Gasteiger charge is 2.64. The van der Waals surface area contributed by atoms with Crippen molar-refractivity contribution in [3.05, 3.63) is 63.9 Å². The first-order valence-corrected chi connectivity index (χ1v) is 14.9. The summed E-state index contributed by atoms with van der Waals surface area (Å²) in [4.78, 5) is 55.3. The predicted octanol–water partition coefficient (Wildman–Crippen LogP) is 2.25. The number of anilines is 2. The highest BCUT2D eigenvalue weighted by atomic mass is 19.4. The molecule has 1 fully saturated rings. The summed E-state index contributed by atoms with van der Waals surface area (Å²) in [5, 5.41) is 50.8. The first kappa shape index (κ1) is 35.0. The molecule has 0 radical (unpaired) electrons. The van der Waals surface area contributed by atoms with Crippen molar-refractivity contribution >= 4 is 40.6 Å². The van der Waals surface area contributed by atoms with Crippen molar-refractivity contribution < 1.29 is 57.5 Å². The fourth-order valence-electron chi connectivity index (χ4n) is 6.97. The Balaban J connectivity index is 1.49. The number of aliphatic hydroxyl groups is 3. The van der Waals surface area contributed by atoms with Crippen LogP contribution in [0.5, 0.6) is 11.5 Å². The predicted molar refractivity (Wildman–Crippen MR) is 168 cm³/mol. The van der Waals surface area contributed by atoms with Crippen LogP contribution in [-0.2, 0) is 27.3 Å². The summed E-state index contributed by atoms with van der Waals surface area (Å²) in [6, 6.07) is 3.94. The SMILES string of the molecule is CN(C)c1cc(CNC(=O)Nc2ccc(OC(F)(F)F)cc2)c(O)c2c1CC1CC3[C@H](N(C)C)C(=O)C(C(N)=O)=C(O)[C@@]3(O)C(=O)C1=C2O. The number of ether oxygens (including phenoxy) is 1. The number of phenolic OH excluding ortho intramolecular Hbond substituents is 1. The Labute approximate surface area is 277 Å². The molecular weight excluding hydrogens is 655 g/mol. The molecular formula is C32H34F3N5O9. The zero-order chi connectivity index (χ0) is 36.3. The van der Waals surface area contributed by atoms with Gasteiger partial charge in [-0.2, -0.15) is 0 Å². The molecule has 0 heterocycles. The third kappa shape index (κ3) is 5.99. The number of aromatic hydroxyl groups is 1. The average molecular weight is 690 g/mol. The number of nitrogens with two attached hydrogens (primary N) is 1. The number of ketones is 2. The van der Waals surface area contributed by atoms with E-state index in [1.165, 1.54) is 31.1 Å². The van der Waals surface area contributed by atoms with E-state index in [1.54, 1.807) is 25.1 Å². The second-order valence-corrected chi connectivity index (χ2v) is 12.5. The average Bonchev–Trinajstić information content (AvgIpc) is 2.98. The Morgan fingerprint density at radius 3 is 2.27 bits per heavy atom. The molecule has 5 rings (SSSR count). The number of rotatable bonds is 7. The first-order valence-electron chi connectivity index (χ1n) is 14.9. The molecule has 8 N–H and O–H groups in total. The summed E-state index contributed by atoms with van der Waals surface area (Å²) < 4.78 is 41.1. The van der Waals surface area contributed by atoms with Gasteiger partial charge in [-0.05, 0) is 68.8 Å². The second kappa shape index (κ2) is 12.3. The molecule has 4 atom stereocenters. The van der Waals surface area contributed by atoms with Crippen molar-refractivity contribution in [3.63, 3.8) is 0 Å². The van der Waals surface area contributed by atoms with Crippen molar-refractivity contribution in [1.82, 2.24) is 10.2 Å². The first-order chi connectivity index (χ1) is 22.8.